The van der Waals surface area contributed by atoms with Gasteiger partial charge in [-0.05, 0) is 12.5 Å². The first-order valence-electron chi connectivity index (χ1n) is 3.92. The molecule has 0 aliphatic carbocycles. The number of hydrogen-bond donors (Lipinski definition) is 0. The Hall–Kier alpha value is -1.04. The molecule has 0 N–H and O–H groups in total. The van der Waals surface area contributed by atoms with Gasteiger partial charge in [0.05, 0.1) is 0 Å². The zero-order valence-electron chi connectivity index (χ0n) is 7.17. The fourth-order valence-electron chi connectivity index (χ4n) is 1.03. The highest BCUT2D eigenvalue weighted by molar-refractivity contribution is 5.25. The lowest BCUT2D eigenvalue weighted by Gasteiger charge is -2.10. The summed E-state index contributed by atoms with van der Waals surface area (Å²) in [4.78, 5) is 0. The normalized spacial score (nSPS) is 12.5. The molecule has 1 aromatic rings. The minimum absolute atomic E-state index is 0.483. The quantitative estimate of drug-likeness (QED) is 0.561. The summed E-state index contributed by atoms with van der Waals surface area (Å²) >= 11 is 0. The van der Waals surface area contributed by atoms with Gasteiger partial charge in [-0.3, -0.25) is 0 Å². The summed E-state index contributed by atoms with van der Waals surface area (Å²) in [6.45, 7) is 8.18. The standard InChI is InChI=1S/C11H14/c1-9(2)10(3)11-7-5-4-6-8-11/h4-8,10H,1H2,2-3H3/t10-/m1/s1. The molecule has 0 fully saturated rings. The molecule has 58 valence electrons. The summed E-state index contributed by atoms with van der Waals surface area (Å²) in [6.07, 6.45) is 0. The van der Waals surface area contributed by atoms with E-state index in [1.807, 2.05) is 6.07 Å². The Balaban J connectivity index is 2.85. The molecule has 0 nitrogen and oxygen atoms in total. The molecule has 1 rings (SSSR count). The second kappa shape index (κ2) is 3.38. The van der Waals surface area contributed by atoms with Gasteiger partial charge in [0.15, 0.2) is 0 Å². The lowest BCUT2D eigenvalue weighted by atomic mass is 9.95. The minimum atomic E-state index is 0.483. The van der Waals surface area contributed by atoms with Crippen LogP contribution in [-0.4, -0.2) is 0 Å². The van der Waals surface area contributed by atoms with E-state index in [1.54, 1.807) is 0 Å². The van der Waals surface area contributed by atoms with Gasteiger partial charge in [0.1, 0.15) is 0 Å². The van der Waals surface area contributed by atoms with Gasteiger partial charge >= 0.3 is 0 Å². The molecule has 0 radical (unpaired) electrons. The van der Waals surface area contributed by atoms with Crippen LogP contribution in [0.5, 0.6) is 0 Å². The van der Waals surface area contributed by atoms with Crippen LogP contribution < -0.4 is 0 Å². The molecular weight excluding hydrogens is 132 g/mol. The van der Waals surface area contributed by atoms with E-state index < -0.39 is 0 Å². The first-order valence-corrected chi connectivity index (χ1v) is 3.92. The van der Waals surface area contributed by atoms with Crippen LogP contribution >= 0.6 is 0 Å². The molecule has 0 heterocycles. The average molecular weight is 146 g/mol. The van der Waals surface area contributed by atoms with Gasteiger partial charge in [0.2, 0.25) is 0 Å². The van der Waals surface area contributed by atoms with Crippen molar-refractivity contribution in [3.63, 3.8) is 0 Å². The van der Waals surface area contributed by atoms with Crippen LogP contribution in [0.4, 0.5) is 0 Å². The van der Waals surface area contributed by atoms with Gasteiger partial charge in [0.25, 0.3) is 0 Å². The largest absolute Gasteiger partial charge is 0.0995 e. The van der Waals surface area contributed by atoms with Crippen LogP contribution in [-0.2, 0) is 0 Å². The fourth-order valence-corrected chi connectivity index (χ4v) is 1.03. The van der Waals surface area contributed by atoms with Gasteiger partial charge in [-0.25, -0.2) is 0 Å². The second-order valence-corrected chi connectivity index (χ2v) is 2.98. The van der Waals surface area contributed by atoms with E-state index in [-0.39, 0.29) is 0 Å². The highest BCUT2D eigenvalue weighted by Crippen LogP contribution is 2.20. The Labute approximate surface area is 68.6 Å². The van der Waals surface area contributed by atoms with Crippen LogP contribution in [0.3, 0.4) is 0 Å². The van der Waals surface area contributed by atoms with Crippen LogP contribution in [0.1, 0.15) is 25.3 Å². The molecule has 1 atom stereocenters. The third kappa shape index (κ3) is 1.94. The molecule has 0 saturated carbocycles. The monoisotopic (exact) mass is 146 g/mol. The maximum atomic E-state index is 3.93. The van der Waals surface area contributed by atoms with E-state index in [1.165, 1.54) is 11.1 Å². The van der Waals surface area contributed by atoms with Crippen LogP contribution in [0.15, 0.2) is 42.5 Å². The lowest BCUT2D eigenvalue weighted by molar-refractivity contribution is 0.899. The van der Waals surface area contributed by atoms with Crippen LogP contribution in [0.25, 0.3) is 0 Å². The van der Waals surface area contributed by atoms with E-state index in [0.29, 0.717) is 5.92 Å². The Bertz CT molecular complexity index is 233. The van der Waals surface area contributed by atoms with Crippen molar-refractivity contribution >= 4 is 0 Å². The first kappa shape index (κ1) is 8.06. The molecule has 0 aromatic heterocycles. The van der Waals surface area contributed by atoms with Gasteiger partial charge in [-0.1, -0.05) is 49.4 Å². The van der Waals surface area contributed by atoms with Gasteiger partial charge in [-0.15, -0.1) is 0 Å². The average Bonchev–Trinajstić information content (AvgIpc) is 2.05. The predicted octanol–water partition coefficient (Wildman–Crippen LogP) is 3.37. The molecular formula is C11H14. The van der Waals surface area contributed by atoms with E-state index >= 15 is 0 Å². The van der Waals surface area contributed by atoms with Crippen LogP contribution in [0, 0.1) is 0 Å². The van der Waals surface area contributed by atoms with Gasteiger partial charge in [-0.2, -0.15) is 0 Å². The molecule has 0 amide bonds. The number of hydrogen-bond acceptors (Lipinski definition) is 0. The topological polar surface area (TPSA) is 0 Å². The molecule has 0 heteroatoms. The van der Waals surface area contributed by atoms with Crippen molar-refractivity contribution in [3.8, 4) is 0 Å². The SMILES string of the molecule is C=C(C)[C@@H](C)c1ccccc1. The third-order valence-corrected chi connectivity index (χ3v) is 2.04. The van der Waals surface area contributed by atoms with Crippen molar-refractivity contribution in [2.75, 3.05) is 0 Å². The Morgan fingerprint density at radius 1 is 1.27 bits per heavy atom. The molecule has 0 spiro atoms. The van der Waals surface area contributed by atoms with Crippen LogP contribution in [0.2, 0.25) is 0 Å². The number of allylic oxidation sites excluding steroid dienone is 1. The van der Waals surface area contributed by atoms with Crippen molar-refractivity contribution in [3.05, 3.63) is 48.0 Å². The molecule has 0 bridgehead atoms. The molecule has 0 unspecified atom stereocenters. The fraction of sp³-hybridized carbons (Fsp3) is 0.273. The van der Waals surface area contributed by atoms with Crippen molar-refractivity contribution in [1.82, 2.24) is 0 Å². The lowest BCUT2D eigenvalue weighted by Crippen LogP contribution is -1.92. The Morgan fingerprint density at radius 2 is 1.82 bits per heavy atom. The second-order valence-electron chi connectivity index (χ2n) is 2.98. The molecule has 11 heavy (non-hydrogen) atoms. The summed E-state index contributed by atoms with van der Waals surface area (Å²) in [5.41, 5.74) is 2.57. The summed E-state index contributed by atoms with van der Waals surface area (Å²) in [5.74, 6) is 0.483. The zero-order chi connectivity index (χ0) is 8.27. The first-order chi connectivity index (χ1) is 5.22. The maximum absolute atomic E-state index is 3.93. The Kier molecular flexibility index (Phi) is 2.48. The molecule has 1 aromatic carbocycles. The maximum Gasteiger partial charge on any atom is 0.00143 e. The molecule has 0 aliphatic rings. The van der Waals surface area contributed by atoms with E-state index in [4.69, 9.17) is 0 Å². The smallest absolute Gasteiger partial charge is 0.00143 e. The predicted molar refractivity (Wildman–Crippen MR) is 49.7 cm³/mol. The van der Waals surface area contributed by atoms with E-state index in [0.717, 1.165) is 0 Å². The zero-order valence-corrected chi connectivity index (χ0v) is 7.17. The van der Waals surface area contributed by atoms with Crippen molar-refractivity contribution in [2.45, 2.75) is 19.8 Å². The van der Waals surface area contributed by atoms with Crippen molar-refractivity contribution in [2.24, 2.45) is 0 Å². The number of benzene rings is 1. The Morgan fingerprint density at radius 3 is 2.27 bits per heavy atom. The molecule has 0 saturated heterocycles. The summed E-state index contributed by atoms with van der Waals surface area (Å²) in [5, 5.41) is 0. The highest BCUT2D eigenvalue weighted by atomic mass is 14.1. The van der Waals surface area contributed by atoms with Gasteiger partial charge < -0.3 is 0 Å². The number of rotatable bonds is 2. The van der Waals surface area contributed by atoms with E-state index in [9.17, 15) is 0 Å². The van der Waals surface area contributed by atoms with E-state index in [2.05, 4.69) is 44.7 Å². The molecule has 0 aliphatic heterocycles. The van der Waals surface area contributed by atoms with Crippen molar-refractivity contribution < 1.29 is 0 Å². The summed E-state index contributed by atoms with van der Waals surface area (Å²) in [7, 11) is 0. The highest BCUT2D eigenvalue weighted by Gasteiger charge is 2.03. The summed E-state index contributed by atoms with van der Waals surface area (Å²) in [6, 6.07) is 10.4. The summed E-state index contributed by atoms with van der Waals surface area (Å²) < 4.78 is 0. The minimum Gasteiger partial charge on any atom is -0.0995 e. The van der Waals surface area contributed by atoms with Gasteiger partial charge in [0, 0.05) is 5.92 Å². The third-order valence-electron chi connectivity index (χ3n) is 2.04. The van der Waals surface area contributed by atoms with Crippen molar-refractivity contribution in [1.29, 1.82) is 0 Å².